The Balaban J connectivity index is 1.62. The van der Waals surface area contributed by atoms with Crippen LogP contribution in [0.25, 0.3) is 0 Å². The Bertz CT molecular complexity index is 824. The van der Waals surface area contributed by atoms with E-state index in [-0.39, 0.29) is 31.1 Å². The summed E-state index contributed by atoms with van der Waals surface area (Å²) in [6.45, 7) is 0.182. The van der Waals surface area contributed by atoms with Crippen molar-refractivity contribution in [2.75, 3.05) is 19.2 Å². The van der Waals surface area contributed by atoms with Crippen molar-refractivity contribution in [2.45, 2.75) is 12.5 Å². The van der Waals surface area contributed by atoms with Crippen molar-refractivity contribution in [2.24, 2.45) is 5.92 Å². The molecule has 4 rings (SSSR count). The van der Waals surface area contributed by atoms with E-state index in [0.717, 1.165) is 5.56 Å². The Kier molecular flexibility index (Phi) is 3.76. The number of nitrogens with zero attached hydrogens (tertiary/aromatic N) is 2. The molecule has 1 aromatic carbocycles. The molecule has 2 aromatic rings. The summed E-state index contributed by atoms with van der Waals surface area (Å²) < 4.78 is 10.7. The van der Waals surface area contributed by atoms with Crippen LogP contribution in [-0.4, -0.2) is 35.5 Å². The standard InChI is InChI=1S/C18H17N3O4/c1-21-16(22)9-12(18(23)20-15-4-2-3-7-19-15)17(21)11-5-6-13-14(8-11)25-10-24-13/h2-8,12,17H,9-10H2,1H3,(H,19,20,23)/t12-,17-/m1/s1. The second kappa shape index (κ2) is 6.08. The summed E-state index contributed by atoms with van der Waals surface area (Å²) in [4.78, 5) is 30.7. The van der Waals surface area contributed by atoms with E-state index in [1.165, 1.54) is 0 Å². The van der Waals surface area contributed by atoms with Gasteiger partial charge in [-0.25, -0.2) is 4.98 Å². The number of fused-ring (bicyclic) bond motifs is 1. The van der Waals surface area contributed by atoms with Crippen LogP contribution in [-0.2, 0) is 9.59 Å². The average molecular weight is 339 g/mol. The largest absolute Gasteiger partial charge is 0.454 e. The van der Waals surface area contributed by atoms with Gasteiger partial charge in [0.05, 0.1) is 12.0 Å². The van der Waals surface area contributed by atoms with Crippen molar-refractivity contribution >= 4 is 17.6 Å². The molecule has 1 saturated heterocycles. The summed E-state index contributed by atoms with van der Waals surface area (Å²) in [6.07, 6.45) is 1.77. The highest BCUT2D eigenvalue weighted by Gasteiger charge is 2.43. The van der Waals surface area contributed by atoms with Crippen LogP contribution in [0.5, 0.6) is 11.5 Å². The maximum atomic E-state index is 12.7. The van der Waals surface area contributed by atoms with Gasteiger partial charge in [-0.05, 0) is 29.8 Å². The SMILES string of the molecule is CN1C(=O)C[C@@H](C(=O)Nc2ccccn2)[C@H]1c1ccc2c(c1)OCO2. The molecular formula is C18H17N3O4. The van der Waals surface area contributed by atoms with Gasteiger partial charge >= 0.3 is 0 Å². The molecule has 2 atom stereocenters. The highest BCUT2D eigenvalue weighted by molar-refractivity contribution is 5.97. The highest BCUT2D eigenvalue weighted by Crippen LogP contribution is 2.41. The molecule has 25 heavy (non-hydrogen) atoms. The molecule has 7 nitrogen and oxygen atoms in total. The van der Waals surface area contributed by atoms with Gasteiger partial charge in [-0.1, -0.05) is 12.1 Å². The molecule has 7 heteroatoms. The van der Waals surface area contributed by atoms with Crippen molar-refractivity contribution in [3.05, 3.63) is 48.2 Å². The number of amides is 2. The quantitative estimate of drug-likeness (QED) is 0.925. The number of aromatic nitrogens is 1. The number of pyridine rings is 1. The first-order chi connectivity index (χ1) is 12.1. The fourth-order valence-corrected chi connectivity index (χ4v) is 3.31. The van der Waals surface area contributed by atoms with Gasteiger partial charge < -0.3 is 19.7 Å². The van der Waals surface area contributed by atoms with E-state index in [1.54, 1.807) is 36.3 Å². The van der Waals surface area contributed by atoms with E-state index in [2.05, 4.69) is 10.3 Å². The van der Waals surface area contributed by atoms with Crippen molar-refractivity contribution < 1.29 is 19.1 Å². The second-order valence-electron chi connectivity index (χ2n) is 6.08. The third-order valence-electron chi connectivity index (χ3n) is 4.58. The molecule has 0 aliphatic carbocycles. The molecule has 3 heterocycles. The van der Waals surface area contributed by atoms with Gasteiger partial charge in [0, 0.05) is 19.7 Å². The number of carbonyl (C=O) groups is 2. The number of nitrogens with one attached hydrogen (secondary N) is 1. The predicted octanol–water partition coefficient (Wildman–Crippen LogP) is 1.97. The zero-order valence-electron chi connectivity index (χ0n) is 13.6. The lowest BCUT2D eigenvalue weighted by atomic mass is 9.92. The molecule has 2 aliphatic rings. The Morgan fingerprint density at radius 2 is 2.08 bits per heavy atom. The van der Waals surface area contributed by atoms with E-state index < -0.39 is 5.92 Å². The summed E-state index contributed by atoms with van der Waals surface area (Å²) in [6, 6.07) is 10.4. The van der Waals surface area contributed by atoms with Gasteiger partial charge in [0.2, 0.25) is 18.6 Å². The zero-order chi connectivity index (χ0) is 17.4. The molecule has 0 spiro atoms. The van der Waals surface area contributed by atoms with Gasteiger partial charge in [0.25, 0.3) is 0 Å². The third kappa shape index (κ3) is 2.77. The van der Waals surface area contributed by atoms with Gasteiger partial charge in [-0.2, -0.15) is 0 Å². The van der Waals surface area contributed by atoms with Gasteiger partial charge in [-0.15, -0.1) is 0 Å². The first kappa shape index (κ1) is 15.4. The minimum Gasteiger partial charge on any atom is -0.454 e. The second-order valence-corrected chi connectivity index (χ2v) is 6.08. The van der Waals surface area contributed by atoms with Crippen LogP contribution in [0.3, 0.4) is 0 Å². The number of rotatable bonds is 3. The summed E-state index contributed by atoms with van der Waals surface area (Å²) >= 11 is 0. The Labute approximate surface area is 144 Å². The number of anilines is 1. The molecule has 1 aromatic heterocycles. The van der Waals surface area contributed by atoms with Crippen molar-refractivity contribution in [3.63, 3.8) is 0 Å². The van der Waals surface area contributed by atoms with Gasteiger partial charge in [-0.3, -0.25) is 9.59 Å². The monoisotopic (exact) mass is 339 g/mol. The molecule has 2 amide bonds. The average Bonchev–Trinajstić information content (AvgIpc) is 3.20. The van der Waals surface area contributed by atoms with Crippen LogP contribution in [0, 0.1) is 5.92 Å². The molecule has 1 N–H and O–H groups in total. The number of likely N-dealkylation sites (tertiary alicyclic amines) is 1. The van der Waals surface area contributed by atoms with Crippen LogP contribution in [0.15, 0.2) is 42.6 Å². The maximum absolute atomic E-state index is 12.7. The number of hydrogen-bond acceptors (Lipinski definition) is 5. The van der Waals surface area contributed by atoms with E-state index in [0.29, 0.717) is 17.3 Å². The fourth-order valence-electron chi connectivity index (χ4n) is 3.31. The van der Waals surface area contributed by atoms with Crippen LogP contribution in [0.4, 0.5) is 5.82 Å². The molecule has 128 valence electrons. The van der Waals surface area contributed by atoms with E-state index in [9.17, 15) is 9.59 Å². The predicted molar refractivity (Wildman–Crippen MR) is 89.0 cm³/mol. The minimum atomic E-state index is -0.500. The zero-order valence-corrected chi connectivity index (χ0v) is 13.6. The molecule has 2 aliphatic heterocycles. The van der Waals surface area contributed by atoms with Crippen LogP contribution in [0.2, 0.25) is 0 Å². The number of hydrogen-bond donors (Lipinski definition) is 1. The lowest BCUT2D eigenvalue weighted by Gasteiger charge is -2.25. The van der Waals surface area contributed by atoms with E-state index in [4.69, 9.17) is 9.47 Å². The number of carbonyl (C=O) groups excluding carboxylic acids is 2. The molecule has 0 bridgehead atoms. The van der Waals surface area contributed by atoms with Crippen LogP contribution in [0.1, 0.15) is 18.0 Å². The van der Waals surface area contributed by atoms with Gasteiger partial charge in [0.15, 0.2) is 11.5 Å². The topological polar surface area (TPSA) is 80.8 Å². The first-order valence-corrected chi connectivity index (χ1v) is 8.00. The van der Waals surface area contributed by atoms with E-state index >= 15 is 0 Å². The Morgan fingerprint density at radius 1 is 1.24 bits per heavy atom. The molecular weight excluding hydrogens is 322 g/mol. The Morgan fingerprint density at radius 3 is 2.88 bits per heavy atom. The highest BCUT2D eigenvalue weighted by atomic mass is 16.7. The first-order valence-electron chi connectivity index (χ1n) is 8.00. The fraction of sp³-hybridized carbons (Fsp3) is 0.278. The smallest absolute Gasteiger partial charge is 0.231 e. The van der Waals surface area contributed by atoms with Crippen molar-refractivity contribution in [1.82, 2.24) is 9.88 Å². The molecule has 0 unspecified atom stereocenters. The van der Waals surface area contributed by atoms with Crippen molar-refractivity contribution in [1.29, 1.82) is 0 Å². The van der Waals surface area contributed by atoms with Gasteiger partial charge in [0.1, 0.15) is 5.82 Å². The van der Waals surface area contributed by atoms with Crippen LogP contribution >= 0.6 is 0 Å². The minimum absolute atomic E-state index is 0.0659. The summed E-state index contributed by atoms with van der Waals surface area (Å²) in [5, 5.41) is 2.79. The molecule has 0 radical (unpaired) electrons. The van der Waals surface area contributed by atoms with Crippen molar-refractivity contribution in [3.8, 4) is 11.5 Å². The third-order valence-corrected chi connectivity index (χ3v) is 4.58. The lowest BCUT2D eigenvalue weighted by molar-refractivity contribution is -0.128. The van der Waals surface area contributed by atoms with Crippen LogP contribution < -0.4 is 14.8 Å². The normalized spacial score (nSPS) is 21.5. The number of benzene rings is 1. The number of ether oxygens (including phenoxy) is 2. The summed E-state index contributed by atoms with van der Waals surface area (Å²) in [5.41, 5.74) is 0.846. The lowest BCUT2D eigenvalue weighted by Crippen LogP contribution is -2.30. The summed E-state index contributed by atoms with van der Waals surface area (Å²) in [7, 11) is 1.71. The van der Waals surface area contributed by atoms with E-state index in [1.807, 2.05) is 18.2 Å². The summed E-state index contributed by atoms with van der Waals surface area (Å²) in [5.74, 6) is 0.987. The maximum Gasteiger partial charge on any atom is 0.231 e. The molecule has 0 saturated carbocycles. The molecule has 1 fully saturated rings. The Hall–Kier alpha value is -3.09.